The predicted molar refractivity (Wildman–Crippen MR) is 114 cm³/mol. The lowest BCUT2D eigenvalue weighted by molar-refractivity contribution is 0.1000. The molecule has 3 aromatic rings. The Morgan fingerprint density at radius 2 is 1.79 bits per heavy atom. The largest absolute Gasteiger partial charge is 0.486 e. The highest BCUT2D eigenvalue weighted by molar-refractivity contribution is 6.02. The number of hydrogen-bond acceptors (Lipinski definition) is 3. The second-order valence-electron chi connectivity index (χ2n) is 7.33. The van der Waals surface area contributed by atoms with E-state index in [2.05, 4.69) is 23.6 Å². The van der Waals surface area contributed by atoms with Gasteiger partial charge < -0.3 is 19.8 Å². The average Bonchev–Trinajstić information content (AvgIpc) is 3.00. The molecule has 150 valence electrons. The summed E-state index contributed by atoms with van der Waals surface area (Å²) >= 11 is 0. The molecule has 0 atom stereocenters. The number of nitrogens with two attached hydrogens (primary N) is 1. The molecule has 1 amide bonds. The summed E-state index contributed by atoms with van der Waals surface area (Å²) in [6.07, 6.45) is 1.82. The highest BCUT2D eigenvalue weighted by Crippen LogP contribution is 2.39. The lowest BCUT2D eigenvalue weighted by atomic mass is 9.97. The first kappa shape index (κ1) is 19.1. The van der Waals surface area contributed by atoms with E-state index in [0.29, 0.717) is 31.1 Å². The number of benzene rings is 2. The van der Waals surface area contributed by atoms with E-state index in [1.54, 1.807) is 0 Å². The number of aromatic nitrogens is 1. The van der Waals surface area contributed by atoms with Crippen LogP contribution in [0.15, 0.2) is 48.5 Å². The molecule has 0 saturated carbocycles. The minimum Gasteiger partial charge on any atom is -0.486 e. The van der Waals surface area contributed by atoms with Crippen molar-refractivity contribution in [2.24, 2.45) is 5.73 Å². The molecule has 4 rings (SSSR count). The number of ether oxygens (including phenoxy) is 2. The van der Waals surface area contributed by atoms with Gasteiger partial charge in [-0.05, 0) is 36.6 Å². The predicted octanol–water partition coefficient (Wildman–Crippen LogP) is 4.33. The lowest BCUT2D eigenvalue weighted by Gasteiger charge is -2.19. The molecule has 1 aliphatic heterocycles. The highest BCUT2D eigenvalue weighted by atomic mass is 16.6. The van der Waals surface area contributed by atoms with Crippen molar-refractivity contribution >= 4 is 5.91 Å². The maximum Gasteiger partial charge on any atom is 0.251 e. The first-order chi connectivity index (χ1) is 14.1. The third-order valence-electron chi connectivity index (χ3n) is 5.38. The van der Waals surface area contributed by atoms with Crippen molar-refractivity contribution in [1.82, 2.24) is 4.57 Å². The van der Waals surface area contributed by atoms with E-state index in [9.17, 15) is 4.79 Å². The Balaban J connectivity index is 1.90. The fourth-order valence-electron chi connectivity index (χ4n) is 4.09. The van der Waals surface area contributed by atoms with Crippen LogP contribution in [0.3, 0.4) is 0 Å². The molecule has 5 heteroatoms. The van der Waals surface area contributed by atoms with Crippen molar-refractivity contribution < 1.29 is 14.3 Å². The Labute approximate surface area is 171 Å². The number of fused-ring (bicyclic) bond motifs is 1. The van der Waals surface area contributed by atoms with E-state index < -0.39 is 5.91 Å². The molecule has 0 spiro atoms. The number of carbonyl (C=O) groups is 1. The molecule has 29 heavy (non-hydrogen) atoms. The van der Waals surface area contributed by atoms with Gasteiger partial charge in [0.25, 0.3) is 5.91 Å². The number of rotatable bonds is 6. The van der Waals surface area contributed by atoms with Crippen LogP contribution in [0.25, 0.3) is 11.1 Å². The average molecular weight is 390 g/mol. The van der Waals surface area contributed by atoms with Gasteiger partial charge in [0, 0.05) is 23.5 Å². The molecule has 0 unspecified atom stereocenters. The van der Waals surface area contributed by atoms with Crippen LogP contribution in [0.1, 0.15) is 40.7 Å². The van der Waals surface area contributed by atoms with Crippen molar-refractivity contribution in [1.29, 1.82) is 0 Å². The van der Waals surface area contributed by atoms with Gasteiger partial charge in [-0.15, -0.1) is 0 Å². The number of carbonyl (C=O) groups excluding carboxylic acids is 1. The lowest BCUT2D eigenvalue weighted by Crippen LogP contribution is -2.15. The standard InChI is InChI=1S/C24H26N2O3/c1-3-7-19-23(18-10-11-20-21(14-18)29-13-12-28-20)22(24(25)27)16(2)26(19)15-17-8-5-4-6-9-17/h4-6,8-11,14H,3,7,12-13,15H2,1-2H3,(H2,25,27). The van der Waals surface area contributed by atoms with Gasteiger partial charge in [0.15, 0.2) is 11.5 Å². The summed E-state index contributed by atoms with van der Waals surface area (Å²) in [5, 5.41) is 0. The van der Waals surface area contributed by atoms with Crippen LogP contribution in [-0.2, 0) is 13.0 Å². The fourth-order valence-corrected chi connectivity index (χ4v) is 4.09. The van der Waals surface area contributed by atoms with Gasteiger partial charge in [-0.1, -0.05) is 49.7 Å². The molecular formula is C24H26N2O3. The third-order valence-corrected chi connectivity index (χ3v) is 5.38. The Morgan fingerprint density at radius 3 is 2.48 bits per heavy atom. The molecule has 2 heterocycles. The number of hydrogen-bond donors (Lipinski definition) is 1. The molecule has 1 aromatic heterocycles. The summed E-state index contributed by atoms with van der Waals surface area (Å²) in [4.78, 5) is 12.5. The van der Waals surface area contributed by atoms with E-state index in [1.807, 2.05) is 43.3 Å². The molecule has 0 bridgehead atoms. The van der Waals surface area contributed by atoms with Crippen LogP contribution >= 0.6 is 0 Å². The van der Waals surface area contributed by atoms with Crippen molar-refractivity contribution in [3.05, 3.63) is 71.0 Å². The highest BCUT2D eigenvalue weighted by Gasteiger charge is 2.25. The van der Waals surface area contributed by atoms with Crippen molar-refractivity contribution in [2.75, 3.05) is 13.2 Å². The van der Waals surface area contributed by atoms with Crippen LogP contribution in [0.5, 0.6) is 11.5 Å². The van der Waals surface area contributed by atoms with Crippen molar-refractivity contribution in [3.63, 3.8) is 0 Å². The molecule has 5 nitrogen and oxygen atoms in total. The SMILES string of the molecule is CCCc1c(-c2ccc3c(c2)OCCO3)c(C(N)=O)c(C)n1Cc1ccccc1. The van der Waals surface area contributed by atoms with E-state index in [4.69, 9.17) is 15.2 Å². The zero-order valence-corrected chi connectivity index (χ0v) is 16.9. The molecule has 1 aliphatic rings. The van der Waals surface area contributed by atoms with Gasteiger partial charge in [0.1, 0.15) is 13.2 Å². The molecule has 2 N–H and O–H groups in total. The maximum absolute atomic E-state index is 12.5. The van der Waals surface area contributed by atoms with Crippen molar-refractivity contribution in [3.8, 4) is 22.6 Å². The van der Waals surface area contributed by atoms with Gasteiger partial charge in [0.2, 0.25) is 0 Å². The first-order valence-electron chi connectivity index (χ1n) is 10.1. The third kappa shape index (κ3) is 3.60. The first-order valence-corrected chi connectivity index (χ1v) is 10.1. The summed E-state index contributed by atoms with van der Waals surface area (Å²) in [7, 11) is 0. The molecular weight excluding hydrogens is 364 g/mol. The van der Waals surface area contributed by atoms with Gasteiger partial charge in [0.05, 0.1) is 5.56 Å². The zero-order chi connectivity index (χ0) is 20.4. The van der Waals surface area contributed by atoms with E-state index in [1.165, 1.54) is 5.56 Å². The molecule has 0 radical (unpaired) electrons. The van der Waals surface area contributed by atoms with E-state index >= 15 is 0 Å². The Bertz CT molecular complexity index is 1040. The summed E-state index contributed by atoms with van der Waals surface area (Å²) in [6, 6.07) is 16.1. The minimum atomic E-state index is -0.406. The Morgan fingerprint density at radius 1 is 1.07 bits per heavy atom. The fraction of sp³-hybridized carbons (Fsp3) is 0.292. The normalized spacial score (nSPS) is 12.8. The molecule has 0 saturated heterocycles. The van der Waals surface area contributed by atoms with E-state index in [-0.39, 0.29) is 0 Å². The topological polar surface area (TPSA) is 66.5 Å². The second-order valence-corrected chi connectivity index (χ2v) is 7.33. The van der Waals surface area contributed by atoms with Crippen LogP contribution in [0.2, 0.25) is 0 Å². The monoisotopic (exact) mass is 390 g/mol. The summed E-state index contributed by atoms with van der Waals surface area (Å²) in [6.45, 7) is 5.89. The van der Waals surface area contributed by atoms with Gasteiger partial charge in [-0.25, -0.2) is 0 Å². The van der Waals surface area contributed by atoms with E-state index in [0.717, 1.165) is 41.1 Å². The molecule has 0 fully saturated rings. The van der Waals surface area contributed by atoms with Crippen molar-refractivity contribution in [2.45, 2.75) is 33.2 Å². The number of nitrogens with zero attached hydrogens (tertiary/aromatic N) is 1. The van der Waals surface area contributed by atoms with Gasteiger partial charge in [-0.2, -0.15) is 0 Å². The zero-order valence-electron chi connectivity index (χ0n) is 16.9. The molecule has 2 aromatic carbocycles. The summed E-state index contributed by atoms with van der Waals surface area (Å²) in [5.74, 6) is 1.04. The number of primary amides is 1. The maximum atomic E-state index is 12.5. The minimum absolute atomic E-state index is 0.406. The van der Waals surface area contributed by atoms with Crippen LogP contribution < -0.4 is 15.2 Å². The number of amides is 1. The van der Waals surface area contributed by atoms with Crippen LogP contribution in [-0.4, -0.2) is 23.7 Å². The molecule has 0 aliphatic carbocycles. The quantitative estimate of drug-likeness (QED) is 0.681. The summed E-state index contributed by atoms with van der Waals surface area (Å²) in [5.41, 5.74) is 11.5. The second kappa shape index (κ2) is 8.03. The Kier molecular flexibility index (Phi) is 5.30. The smallest absolute Gasteiger partial charge is 0.251 e. The van der Waals surface area contributed by atoms with Crippen LogP contribution in [0, 0.1) is 6.92 Å². The van der Waals surface area contributed by atoms with Gasteiger partial charge >= 0.3 is 0 Å². The Hall–Kier alpha value is -3.21. The van der Waals surface area contributed by atoms with Gasteiger partial charge in [-0.3, -0.25) is 4.79 Å². The summed E-state index contributed by atoms with van der Waals surface area (Å²) < 4.78 is 13.7. The van der Waals surface area contributed by atoms with Crippen LogP contribution in [0.4, 0.5) is 0 Å².